The molecule has 1 unspecified atom stereocenters. The van der Waals surface area contributed by atoms with Crippen LogP contribution < -0.4 is 5.32 Å². The molecular weight excluding hydrogens is 282 g/mol. The fourth-order valence-corrected chi connectivity index (χ4v) is 2.73. The lowest BCUT2D eigenvalue weighted by Crippen LogP contribution is -2.45. The number of nitrogens with one attached hydrogen (secondary N) is 1. The molecule has 3 rings (SSSR count). The number of methoxy groups -OCH3 is 1. The number of hydrogen-bond donors (Lipinski definition) is 1. The van der Waals surface area contributed by atoms with Crippen molar-refractivity contribution in [1.29, 1.82) is 0 Å². The average molecular weight is 301 g/mol. The summed E-state index contributed by atoms with van der Waals surface area (Å²) in [5, 5.41) is 3.41. The number of ether oxygens (including phenoxy) is 1. The Morgan fingerprint density at radius 1 is 1.59 bits per heavy atom. The second kappa shape index (κ2) is 6.72. The van der Waals surface area contributed by atoms with Crippen LogP contribution in [0.4, 0.5) is 0 Å². The molecule has 1 fully saturated rings. The van der Waals surface area contributed by atoms with Crippen LogP contribution in [0.3, 0.4) is 0 Å². The first-order valence-corrected chi connectivity index (χ1v) is 7.28. The minimum atomic E-state index is -0.376. The molecule has 0 spiro atoms. The largest absolute Gasteiger partial charge is 0.467 e. The number of carbonyl (C=O) groups is 1. The predicted octanol–water partition coefficient (Wildman–Crippen LogP) is 1.61. The van der Waals surface area contributed by atoms with E-state index in [0.717, 1.165) is 25.4 Å². The summed E-state index contributed by atoms with van der Waals surface area (Å²) in [7, 11) is 1.36. The van der Waals surface area contributed by atoms with Gasteiger partial charge in [0.05, 0.1) is 19.2 Å². The lowest BCUT2D eigenvalue weighted by atomic mass is 10.1. The third-order valence-corrected chi connectivity index (χ3v) is 3.86. The Balaban J connectivity index is 1.74. The maximum Gasteiger partial charge on any atom is 0.341 e. The normalized spacial score (nSPS) is 19.0. The van der Waals surface area contributed by atoms with Crippen LogP contribution in [0, 0.1) is 0 Å². The third-order valence-electron chi connectivity index (χ3n) is 3.86. The van der Waals surface area contributed by atoms with Gasteiger partial charge in [0, 0.05) is 38.1 Å². The van der Waals surface area contributed by atoms with Crippen molar-refractivity contribution in [2.45, 2.75) is 12.6 Å². The fraction of sp³-hybridized carbons (Fsp3) is 0.375. The monoisotopic (exact) mass is 301 g/mol. The Bertz CT molecular complexity index is 627. The molecule has 6 nitrogen and oxygen atoms in total. The Labute approximate surface area is 129 Å². The van der Waals surface area contributed by atoms with Gasteiger partial charge in [0.25, 0.3) is 0 Å². The van der Waals surface area contributed by atoms with Crippen molar-refractivity contribution in [2.24, 2.45) is 0 Å². The Hall–Kier alpha value is -2.18. The summed E-state index contributed by atoms with van der Waals surface area (Å²) >= 11 is 0. The van der Waals surface area contributed by atoms with Crippen LogP contribution in [0.1, 0.15) is 27.7 Å². The van der Waals surface area contributed by atoms with E-state index in [2.05, 4.69) is 21.3 Å². The van der Waals surface area contributed by atoms with Crippen molar-refractivity contribution in [2.75, 3.05) is 26.7 Å². The van der Waals surface area contributed by atoms with Crippen LogP contribution in [0.25, 0.3) is 0 Å². The summed E-state index contributed by atoms with van der Waals surface area (Å²) in [6.45, 7) is 3.36. The molecule has 0 radical (unpaired) electrons. The molecule has 2 aromatic rings. The van der Waals surface area contributed by atoms with E-state index in [1.54, 1.807) is 12.3 Å². The second-order valence-electron chi connectivity index (χ2n) is 5.27. The van der Waals surface area contributed by atoms with E-state index in [-0.39, 0.29) is 12.0 Å². The van der Waals surface area contributed by atoms with Gasteiger partial charge in [-0.25, -0.2) is 4.79 Å². The predicted molar refractivity (Wildman–Crippen MR) is 80.3 cm³/mol. The molecule has 0 amide bonds. The number of aromatic nitrogens is 1. The van der Waals surface area contributed by atoms with Gasteiger partial charge in [0.2, 0.25) is 0 Å². The van der Waals surface area contributed by atoms with Crippen LogP contribution in [-0.4, -0.2) is 42.6 Å². The van der Waals surface area contributed by atoms with Gasteiger partial charge in [0.1, 0.15) is 12.0 Å². The zero-order valence-electron chi connectivity index (χ0n) is 12.5. The number of carbonyl (C=O) groups excluding carboxylic acids is 1. The van der Waals surface area contributed by atoms with E-state index < -0.39 is 0 Å². The van der Waals surface area contributed by atoms with Crippen LogP contribution in [0.5, 0.6) is 0 Å². The first kappa shape index (κ1) is 14.7. The highest BCUT2D eigenvalue weighted by atomic mass is 16.5. The zero-order valence-corrected chi connectivity index (χ0v) is 12.5. The Morgan fingerprint density at radius 3 is 3.27 bits per heavy atom. The number of hydrogen-bond acceptors (Lipinski definition) is 6. The molecule has 0 aromatic carbocycles. The number of pyridine rings is 1. The van der Waals surface area contributed by atoms with Crippen molar-refractivity contribution in [3.05, 3.63) is 53.7 Å². The quantitative estimate of drug-likeness (QED) is 0.865. The number of furan rings is 1. The highest BCUT2D eigenvalue weighted by Gasteiger charge is 2.25. The van der Waals surface area contributed by atoms with E-state index in [9.17, 15) is 4.79 Å². The molecule has 0 aliphatic carbocycles. The van der Waals surface area contributed by atoms with Crippen LogP contribution in [-0.2, 0) is 11.3 Å². The molecule has 1 N–H and O–H groups in total. The minimum Gasteiger partial charge on any atom is -0.467 e. The summed E-state index contributed by atoms with van der Waals surface area (Å²) in [5.41, 5.74) is 1.63. The molecule has 3 heterocycles. The van der Waals surface area contributed by atoms with Crippen LogP contribution >= 0.6 is 0 Å². The Morgan fingerprint density at radius 2 is 2.50 bits per heavy atom. The van der Waals surface area contributed by atoms with E-state index in [1.807, 2.05) is 12.3 Å². The molecule has 0 saturated carbocycles. The molecule has 2 aromatic heterocycles. The number of nitrogens with zero attached hydrogens (tertiary/aromatic N) is 2. The lowest BCUT2D eigenvalue weighted by molar-refractivity contribution is 0.0600. The second-order valence-corrected chi connectivity index (χ2v) is 5.27. The first-order chi connectivity index (χ1) is 10.8. The average Bonchev–Trinajstić information content (AvgIpc) is 3.04. The lowest BCUT2D eigenvalue weighted by Gasteiger charge is -2.35. The van der Waals surface area contributed by atoms with Gasteiger partial charge in [-0.15, -0.1) is 0 Å². The maximum absolute atomic E-state index is 11.5. The smallest absolute Gasteiger partial charge is 0.341 e. The first-order valence-electron chi connectivity index (χ1n) is 7.28. The standard InChI is InChI=1S/C16H19N3O3/c1-21-16(20)13-7-14(22-11-13)10-19-6-5-18-9-15(19)12-3-2-4-17-8-12/h2-4,7-8,11,15,18H,5-6,9-10H2,1H3. The van der Waals surface area contributed by atoms with Gasteiger partial charge in [-0.1, -0.05) is 6.07 Å². The maximum atomic E-state index is 11.5. The van der Waals surface area contributed by atoms with Crippen LogP contribution in [0.2, 0.25) is 0 Å². The van der Waals surface area contributed by atoms with Crippen molar-refractivity contribution in [1.82, 2.24) is 15.2 Å². The molecule has 6 heteroatoms. The molecule has 1 saturated heterocycles. The molecule has 22 heavy (non-hydrogen) atoms. The number of rotatable bonds is 4. The summed E-state index contributed by atoms with van der Waals surface area (Å²) in [4.78, 5) is 18.0. The van der Waals surface area contributed by atoms with Gasteiger partial charge >= 0.3 is 5.97 Å². The highest BCUT2D eigenvalue weighted by Crippen LogP contribution is 2.24. The van der Waals surface area contributed by atoms with Gasteiger partial charge in [-0.05, 0) is 17.7 Å². The summed E-state index contributed by atoms with van der Waals surface area (Å²) in [5.74, 6) is 0.385. The van der Waals surface area contributed by atoms with Gasteiger partial charge < -0.3 is 14.5 Å². The summed E-state index contributed by atoms with van der Waals surface area (Å²) < 4.78 is 10.2. The van der Waals surface area contributed by atoms with E-state index >= 15 is 0 Å². The molecule has 1 aliphatic heterocycles. The third kappa shape index (κ3) is 3.18. The summed E-state index contributed by atoms with van der Waals surface area (Å²) in [6, 6.07) is 6.02. The molecule has 1 aliphatic rings. The highest BCUT2D eigenvalue weighted by molar-refractivity contribution is 5.88. The van der Waals surface area contributed by atoms with Crippen molar-refractivity contribution < 1.29 is 13.9 Å². The summed E-state index contributed by atoms with van der Waals surface area (Å²) in [6.07, 6.45) is 5.12. The van der Waals surface area contributed by atoms with E-state index in [0.29, 0.717) is 12.1 Å². The SMILES string of the molecule is COC(=O)c1coc(CN2CCNCC2c2cccnc2)c1. The minimum absolute atomic E-state index is 0.245. The van der Waals surface area contributed by atoms with E-state index in [1.165, 1.54) is 18.9 Å². The van der Waals surface area contributed by atoms with Crippen molar-refractivity contribution >= 4 is 5.97 Å². The fourth-order valence-electron chi connectivity index (χ4n) is 2.73. The topological polar surface area (TPSA) is 67.6 Å². The molecular formula is C16H19N3O3. The zero-order chi connectivity index (χ0) is 15.4. The van der Waals surface area contributed by atoms with Crippen molar-refractivity contribution in [3.8, 4) is 0 Å². The van der Waals surface area contributed by atoms with Gasteiger partial charge in [-0.2, -0.15) is 0 Å². The Kier molecular flexibility index (Phi) is 4.50. The van der Waals surface area contributed by atoms with E-state index in [4.69, 9.17) is 9.15 Å². The number of esters is 1. The number of piperazine rings is 1. The van der Waals surface area contributed by atoms with Gasteiger partial charge in [0.15, 0.2) is 0 Å². The van der Waals surface area contributed by atoms with Crippen LogP contribution in [0.15, 0.2) is 41.3 Å². The van der Waals surface area contributed by atoms with Gasteiger partial charge in [-0.3, -0.25) is 9.88 Å². The van der Waals surface area contributed by atoms with Crippen molar-refractivity contribution in [3.63, 3.8) is 0 Å². The molecule has 116 valence electrons. The molecule has 0 bridgehead atoms. The molecule has 1 atom stereocenters.